The molecule has 0 bridgehead atoms. The van der Waals surface area contributed by atoms with Crippen molar-refractivity contribution in [1.29, 1.82) is 0 Å². The van der Waals surface area contributed by atoms with Crippen LogP contribution in [-0.2, 0) is 16.3 Å². The number of aromatic hydroxyl groups is 1. The van der Waals surface area contributed by atoms with Crippen LogP contribution in [0.25, 0.3) is 0 Å². The van der Waals surface area contributed by atoms with Crippen LogP contribution < -0.4 is 5.32 Å². The smallest absolute Gasteiger partial charge is 0.340 e. The maximum atomic E-state index is 13.0. The van der Waals surface area contributed by atoms with Crippen molar-refractivity contribution in [2.45, 2.75) is 35.3 Å². The van der Waals surface area contributed by atoms with Crippen molar-refractivity contribution in [3.05, 3.63) is 88.4 Å². The molecule has 0 radical (unpaired) electrons. The quantitative estimate of drug-likeness (QED) is 0.360. The molecule has 0 unspecified atom stereocenters. The van der Waals surface area contributed by atoms with E-state index in [9.17, 15) is 28.5 Å². The van der Waals surface area contributed by atoms with Crippen LogP contribution >= 0.6 is 11.6 Å². The summed E-state index contributed by atoms with van der Waals surface area (Å²) in [5.74, 6) is -2.14. The molecule has 0 aliphatic rings. The summed E-state index contributed by atoms with van der Waals surface area (Å²) in [7, 11) is -4.14. The number of carboxylic acid groups (broad SMARTS) is 1. The number of hydrogen-bond acceptors (Lipinski definition) is 6. The predicted octanol–water partition coefficient (Wildman–Crippen LogP) is 3.83. The number of aliphatic hydroxyl groups is 1. The van der Waals surface area contributed by atoms with E-state index < -0.39 is 38.1 Å². The fourth-order valence-electron chi connectivity index (χ4n) is 3.46. The first-order valence-electron chi connectivity index (χ1n) is 10.2. The SMILES string of the molecule is C[C@H](Cc1ccc(S(=O)(=O)c2cccc(O)c2C(=O)O)cc1)NC[C@H](O)c1cccc(Cl)c1. The highest BCUT2D eigenvalue weighted by Gasteiger charge is 2.27. The Morgan fingerprint density at radius 3 is 2.36 bits per heavy atom. The van der Waals surface area contributed by atoms with E-state index in [2.05, 4.69) is 5.32 Å². The Kier molecular flexibility index (Phi) is 7.76. The number of aliphatic hydroxyl groups excluding tert-OH is 1. The van der Waals surface area contributed by atoms with Crippen LogP contribution in [0.15, 0.2) is 76.5 Å². The molecule has 33 heavy (non-hydrogen) atoms. The van der Waals surface area contributed by atoms with Gasteiger partial charge in [0.25, 0.3) is 0 Å². The van der Waals surface area contributed by atoms with Crippen LogP contribution in [0, 0.1) is 0 Å². The molecule has 0 heterocycles. The average molecular weight is 490 g/mol. The fraction of sp³-hybridized carbons (Fsp3) is 0.208. The van der Waals surface area contributed by atoms with Crippen molar-refractivity contribution in [3.63, 3.8) is 0 Å². The standard InChI is InChI=1S/C24H24ClNO6S/c1-15(26-14-21(28)17-4-2-5-18(25)13-17)12-16-8-10-19(11-9-16)33(31,32)22-7-3-6-20(27)23(22)24(29)30/h2-11,13,15,21,26-28H,12,14H2,1H3,(H,29,30)/t15-,21+/m1/s1. The number of hydrogen-bond donors (Lipinski definition) is 4. The van der Waals surface area contributed by atoms with E-state index in [1.165, 1.54) is 18.2 Å². The van der Waals surface area contributed by atoms with Crippen molar-refractivity contribution in [3.8, 4) is 5.75 Å². The summed E-state index contributed by atoms with van der Waals surface area (Å²) in [6.45, 7) is 2.27. The van der Waals surface area contributed by atoms with Gasteiger partial charge in [-0.15, -0.1) is 0 Å². The van der Waals surface area contributed by atoms with E-state index in [1.807, 2.05) is 6.92 Å². The third-order valence-electron chi connectivity index (χ3n) is 5.18. The molecule has 2 atom stereocenters. The Hall–Kier alpha value is -2.91. The van der Waals surface area contributed by atoms with E-state index in [0.717, 1.165) is 17.7 Å². The number of carboxylic acids is 1. The second-order valence-corrected chi connectivity index (χ2v) is 10.0. The Morgan fingerprint density at radius 1 is 1.06 bits per heavy atom. The van der Waals surface area contributed by atoms with Gasteiger partial charge in [-0.05, 0) is 60.9 Å². The van der Waals surface area contributed by atoms with Gasteiger partial charge in [-0.1, -0.05) is 41.9 Å². The fourth-order valence-corrected chi connectivity index (χ4v) is 5.13. The van der Waals surface area contributed by atoms with Crippen LogP contribution in [0.2, 0.25) is 5.02 Å². The number of nitrogens with one attached hydrogen (secondary N) is 1. The molecule has 3 aromatic rings. The highest BCUT2D eigenvalue weighted by Crippen LogP contribution is 2.30. The van der Waals surface area contributed by atoms with Crippen LogP contribution in [-0.4, -0.2) is 42.3 Å². The minimum Gasteiger partial charge on any atom is -0.507 e. The maximum Gasteiger partial charge on any atom is 0.340 e. The van der Waals surface area contributed by atoms with Crippen LogP contribution in [0.1, 0.15) is 34.5 Å². The molecule has 0 aliphatic heterocycles. The molecule has 4 N–H and O–H groups in total. The summed E-state index contributed by atoms with van der Waals surface area (Å²) in [5.41, 5.74) is 0.919. The van der Waals surface area contributed by atoms with Gasteiger partial charge in [-0.3, -0.25) is 0 Å². The van der Waals surface area contributed by atoms with Crippen molar-refractivity contribution < 1.29 is 28.5 Å². The number of phenols is 1. The van der Waals surface area contributed by atoms with Gasteiger partial charge in [-0.25, -0.2) is 13.2 Å². The molecule has 0 spiro atoms. The third-order valence-corrected chi connectivity index (χ3v) is 7.22. The zero-order chi connectivity index (χ0) is 24.2. The molecule has 3 aromatic carbocycles. The molecule has 0 saturated carbocycles. The van der Waals surface area contributed by atoms with E-state index >= 15 is 0 Å². The summed E-state index contributed by atoms with van der Waals surface area (Å²) >= 11 is 5.96. The van der Waals surface area contributed by atoms with Gasteiger partial charge < -0.3 is 20.6 Å². The predicted molar refractivity (Wildman–Crippen MR) is 125 cm³/mol. The van der Waals surface area contributed by atoms with Crippen molar-refractivity contribution in [1.82, 2.24) is 5.32 Å². The van der Waals surface area contributed by atoms with E-state index in [1.54, 1.807) is 36.4 Å². The highest BCUT2D eigenvalue weighted by atomic mass is 35.5. The van der Waals surface area contributed by atoms with Gasteiger partial charge in [-0.2, -0.15) is 0 Å². The Labute approximate surface area is 197 Å². The Balaban J connectivity index is 1.68. The largest absolute Gasteiger partial charge is 0.507 e. The van der Waals surface area contributed by atoms with E-state index in [0.29, 0.717) is 23.6 Å². The van der Waals surface area contributed by atoms with Crippen LogP contribution in [0.5, 0.6) is 5.75 Å². The summed E-state index contributed by atoms with van der Waals surface area (Å²) in [6.07, 6.45) is -0.140. The second kappa shape index (κ2) is 10.4. The first kappa shape index (κ1) is 24.7. The second-order valence-electron chi connectivity index (χ2n) is 7.69. The number of sulfone groups is 1. The van der Waals surface area contributed by atoms with Gasteiger partial charge in [0.2, 0.25) is 9.84 Å². The molecule has 9 heteroatoms. The van der Waals surface area contributed by atoms with E-state index in [4.69, 9.17) is 11.6 Å². The van der Waals surface area contributed by atoms with Crippen LogP contribution in [0.4, 0.5) is 0 Å². The zero-order valence-corrected chi connectivity index (χ0v) is 19.3. The van der Waals surface area contributed by atoms with Crippen molar-refractivity contribution in [2.75, 3.05) is 6.54 Å². The first-order valence-corrected chi connectivity index (χ1v) is 12.0. The molecule has 0 saturated heterocycles. The molecular weight excluding hydrogens is 466 g/mol. The lowest BCUT2D eigenvalue weighted by Crippen LogP contribution is -2.32. The number of carbonyl (C=O) groups is 1. The third kappa shape index (κ3) is 5.91. The van der Waals surface area contributed by atoms with Crippen LogP contribution in [0.3, 0.4) is 0 Å². The Morgan fingerprint density at radius 2 is 1.73 bits per heavy atom. The van der Waals surface area contributed by atoms with Crippen molar-refractivity contribution in [2.24, 2.45) is 0 Å². The molecule has 0 aliphatic carbocycles. The molecule has 3 rings (SSSR count). The molecule has 0 fully saturated rings. The molecule has 0 aromatic heterocycles. The lowest BCUT2D eigenvalue weighted by molar-refractivity contribution is 0.0689. The summed E-state index contributed by atoms with van der Waals surface area (Å²) in [5, 5.41) is 33.3. The van der Waals surface area contributed by atoms with Gasteiger partial charge in [0, 0.05) is 17.6 Å². The zero-order valence-electron chi connectivity index (χ0n) is 17.8. The molecule has 7 nitrogen and oxygen atoms in total. The van der Waals surface area contributed by atoms with Gasteiger partial charge in [0.1, 0.15) is 11.3 Å². The molecular formula is C24H24ClNO6S. The monoisotopic (exact) mass is 489 g/mol. The maximum absolute atomic E-state index is 13.0. The van der Waals surface area contributed by atoms with Crippen molar-refractivity contribution >= 4 is 27.4 Å². The van der Waals surface area contributed by atoms with Gasteiger partial charge >= 0.3 is 5.97 Å². The number of halogens is 1. The number of aromatic carboxylic acids is 1. The number of benzene rings is 3. The number of rotatable bonds is 9. The lowest BCUT2D eigenvalue weighted by atomic mass is 10.1. The first-order chi connectivity index (χ1) is 15.6. The highest BCUT2D eigenvalue weighted by molar-refractivity contribution is 7.91. The topological polar surface area (TPSA) is 124 Å². The summed E-state index contributed by atoms with van der Waals surface area (Å²) in [6, 6.07) is 16.7. The minimum atomic E-state index is -4.14. The summed E-state index contributed by atoms with van der Waals surface area (Å²) < 4.78 is 25.9. The average Bonchev–Trinajstić information content (AvgIpc) is 2.77. The Bertz CT molecular complexity index is 1240. The summed E-state index contributed by atoms with van der Waals surface area (Å²) in [4.78, 5) is 10.9. The van der Waals surface area contributed by atoms with Gasteiger partial charge in [0.05, 0.1) is 15.9 Å². The van der Waals surface area contributed by atoms with Gasteiger partial charge in [0.15, 0.2) is 0 Å². The normalized spacial score (nSPS) is 13.4. The minimum absolute atomic E-state index is 0.00836. The lowest BCUT2D eigenvalue weighted by Gasteiger charge is -2.18. The van der Waals surface area contributed by atoms with E-state index in [-0.39, 0.29) is 10.9 Å². The molecule has 0 amide bonds. The molecule has 174 valence electrons.